The molecule has 1 amide bonds. The summed E-state index contributed by atoms with van der Waals surface area (Å²) in [7, 11) is 1.28. The third-order valence-electron chi connectivity index (χ3n) is 6.29. The SMILES string of the molecule is C/C=C(/C=C/C(=O)OC)\C=C(\F)CC1C/C(=C\C(=C/C)OCC(=O)NC2CC2)CC(C)N1CC(C)(C)F. The fourth-order valence-electron chi connectivity index (χ4n) is 4.37. The Balaban J connectivity index is 2.17. The molecule has 2 rings (SSSR count). The average molecular weight is 521 g/mol. The maximum absolute atomic E-state index is 15.2. The Morgan fingerprint density at radius 3 is 2.43 bits per heavy atom. The van der Waals surface area contributed by atoms with Gasteiger partial charge in [0, 0.05) is 37.2 Å². The number of piperidine rings is 1. The predicted molar refractivity (Wildman–Crippen MR) is 142 cm³/mol. The molecule has 1 heterocycles. The molecule has 0 aromatic heterocycles. The van der Waals surface area contributed by atoms with Crippen molar-refractivity contribution in [3.05, 3.63) is 59.2 Å². The van der Waals surface area contributed by atoms with Gasteiger partial charge in [0.15, 0.2) is 6.61 Å². The van der Waals surface area contributed by atoms with E-state index in [0.717, 1.165) is 18.4 Å². The number of alkyl halides is 1. The minimum atomic E-state index is -1.43. The molecule has 1 N–H and O–H groups in total. The average Bonchev–Trinajstić information content (AvgIpc) is 3.64. The Morgan fingerprint density at radius 1 is 1.16 bits per heavy atom. The van der Waals surface area contributed by atoms with Crippen LogP contribution in [0.15, 0.2) is 59.2 Å². The number of nitrogens with one attached hydrogen (secondary N) is 1. The summed E-state index contributed by atoms with van der Waals surface area (Å²) in [6.07, 6.45) is 12.9. The van der Waals surface area contributed by atoms with Gasteiger partial charge < -0.3 is 14.8 Å². The minimum absolute atomic E-state index is 0.00972. The number of esters is 1. The van der Waals surface area contributed by atoms with E-state index in [2.05, 4.69) is 10.1 Å². The van der Waals surface area contributed by atoms with E-state index >= 15 is 4.39 Å². The fourth-order valence-corrected chi connectivity index (χ4v) is 4.37. The molecule has 8 heteroatoms. The van der Waals surface area contributed by atoms with E-state index in [0.29, 0.717) is 24.2 Å². The lowest BCUT2D eigenvalue weighted by Gasteiger charge is -2.43. The van der Waals surface area contributed by atoms with E-state index in [1.165, 1.54) is 39.2 Å². The zero-order chi connectivity index (χ0) is 27.6. The number of allylic oxidation sites excluding steroid dienone is 6. The maximum Gasteiger partial charge on any atom is 0.330 e. The van der Waals surface area contributed by atoms with E-state index < -0.39 is 11.6 Å². The van der Waals surface area contributed by atoms with Crippen LogP contribution in [-0.4, -0.2) is 60.8 Å². The summed E-state index contributed by atoms with van der Waals surface area (Å²) < 4.78 is 40.2. The third-order valence-corrected chi connectivity index (χ3v) is 6.29. The van der Waals surface area contributed by atoms with Crippen molar-refractivity contribution in [1.29, 1.82) is 0 Å². The Hall–Kier alpha value is -2.74. The van der Waals surface area contributed by atoms with Crippen LogP contribution in [0.4, 0.5) is 8.78 Å². The molecular formula is C29H42F2N2O4. The van der Waals surface area contributed by atoms with Crippen LogP contribution in [0, 0.1) is 0 Å². The normalized spacial score (nSPS) is 23.5. The van der Waals surface area contributed by atoms with Crippen molar-refractivity contribution < 1.29 is 27.8 Å². The molecule has 0 aromatic carbocycles. The number of nitrogens with zero attached hydrogens (tertiary/aromatic N) is 1. The Kier molecular flexibility index (Phi) is 11.8. The number of methoxy groups -OCH3 is 1. The molecule has 206 valence electrons. The highest BCUT2D eigenvalue weighted by Crippen LogP contribution is 2.34. The molecule has 2 fully saturated rings. The zero-order valence-corrected chi connectivity index (χ0v) is 23.0. The van der Waals surface area contributed by atoms with Crippen molar-refractivity contribution in [2.45, 2.75) is 90.5 Å². The number of carbonyl (C=O) groups excluding carboxylic acids is 2. The van der Waals surface area contributed by atoms with Gasteiger partial charge in [-0.25, -0.2) is 13.6 Å². The van der Waals surface area contributed by atoms with Gasteiger partial charge in [-0.2, -0.15) is 0 Å². The number of ether oxygens (including phenoxy) is 2. The van der Waals surface area contributed by atoms with Crippen LogP contribution in [0.25, 0.3) is 0 Å². The molecule has 2 unspecified atom stereocenters. The number of likely N-dealkylation sites (tertiary alicyclic amines) is 1. The highest BCUT2D eigenvalue weighted by molar-refractivity contribution is 5.82. The highest BCUT2D eigenvalue weighted by Gasteiger charge is 2.35. The van der Waals surface area contributed by atoms with E-state index in [9.17, 15) is 14.0 Å². The lowest BCUT2D eigenvalue weighted by Crippen LogP contribution is -2.50. The molecule has 1 aliphatic carbocycles. The van der Waals surface area contributed by atoms with Crippen molar-refractivity contribution in [3.63, 3.8) is 0 Å². The first-order valence-electron chi connectivity index (χ1n) is 12.9. The number of hydrogen-bond acceptors (Lipinski definition) is 5. The summed E-state index contributed by atoms with van der Waals surface area (Å²) in [6, 6.07) is 0.000854. The van der Waals surface area contributed by atoms with E-state index in [1.54, 1.807) is 19.1 Å². The van der Waals surface area contributed by atoms with Crippen LogP contribution >= 0.6 is 0 Å². The highest BCUT2D eigenvalue weighted by atomic mass is 19.1. The summed E-state index contributed by atoms with van der Waals surface area (Å²) >= 11 is 0. The van der Waals surface area contributed by atoms with Gasteiger partial charge in [0.1, 0.15) is 17.3 Å². The maximum atomic E-state index is 15.2. The Bertz CT molecular complexity index is 955. The van der Waals surface area contributed by atoms with Crippen molar-refractivity contribution in [2.75, 3.05) is 20.3 Å². The van der Waals surface area contributed by atoms with E-state index in [1.807, 2.05) is 24.8 Å². The lowest BCUT2D eigenvalue weighted by molar-refractivity contribution is -0.134. The monoisotopic (exact) mass is 520 g/mol. The summed E-state index contributed by atoms with van der Waals surface area (Å²) in [6.45, 7) is 8.81. The van der Waals surface area contributed by atoms with Gasteiger partial charge in [0.2, 0.25) is 0 Å². The standard InChI is InChI=1S/C29H42F2N2O4/c1-7-21(9-12-28(35)36-6)14-23(30)17-25-15-22(13-20(3)33(25)19-29(4,5)31)16-26(8-2)37-18-27(34)32-24-10-11-24/h7-9,12,14,16,20,24-25H,10-11,13,15,17-19H2,1-6H3,(H,32,34)/b12-9+,21-7-,22-16-,23-14+,26-8+. The van der Waals surface area contributed by atoms with E-state index in [-0.39, 0.29) is 49.4 Å². The molecule has 2 atom stereocenters. The Labute approximate surface area is 220 Å². The van der Waals surface area contributed by atoms with Crippen LogP contribution in [0.2, 0.25) is 0 Å². The van der Waals surface area contributed by atoms with E-state index in [4.69, 9.17) is 4.74 Å². The zero-order valence-electron chi connectivity index (χ0n) is 23.0. The van der Waals surface area contributed by atoms with Crippen LogP contribution in [-0.2, 0) is 19.1 Å². The molecule has 1 aliphatic heterocycles. The van der Waals surface area contributed by atoms with Crippen LogP contribution in [0.1, 0.15) is 66.7 Å². The molecule has 0 spiro atoms. The molecule has 2 aliphatic rings. The quantitative estimate of drug-likeness (QED) is 0.156. The van der Waals surface area contributed by atoms with Crippen LogP contribution in [0.5, 0.6) is 0 Å². The van der Waals surface area contributed by atoms with Crippen molar-refractivity contribution in [2.24, 2.45) is 0 Å². The second-order valence-corrected chi connectivity index (χ2v) is 10.4. The fraction of sp³-hybridized carbons (Fsp3) is 0.586. The van der Waals surface area contributed by atoms with Crippen molar-refractivity contribution in [1.82, 2.24) is 10.2 Å². The topological polar surface area (TPSA) is 67.9 Å². The number of carbonyl (C=O) groups is 2. The number of hydrogen-bond donors (Lipinski definition) is 1. The van der Waals surface area contributed by atoms with Crippen molar-refractivity contribution in [3.8, 4) is 0 Å². The van der Waals surface area contributed by atoms with Gasteiger partial charge in [0.25, 0.3) is 5.91 Å². The largest absolute Gasteiger partial charge is 0.484 e. The molecule has 1 saturated heterocycles. The molecule has 0 radical (unpaired) electrons. The summed E-state index contributed by atoms with van der Waals surface area (Å²) in [5, 5.41) is 2.90. The molecular weight excluding hydrogens is 478 g/mol. The minimum Gasteiger partial charge on any atom is -0.484 e. The second-order valence-electron chi connectivity index (χ2n) is 10.4. The lowest BCUT2D eigenvalue weighted by atomic mass is 9.87. The predicted octanol–water partition coefficient (Wildman–Crippen LogP) is 5.63. The number of halogens is 2. The molecule has 6 nitrogen and oxygen atoms in total. The summed E-state index contributed by atoms with van der Waals surface area (Å²) in [4.78, 5) is 25.4. The van der Waals surface area contributed by atoms with Crippen molar-refractivity contribution >= 4 is 11.9 Å². The summed E-state index contributed by atoms with van der Waals surface area (Å²) in [5.41, 5.74) is 0.165. The molecule has 1 saturated carbocycles. The van der Waals surface area contributed by atoms with Gasteiger partial charge in [-0.15, -0.1) is 0 Å². The first kappa shape index (κ1) is 30.5. The number of amides is 1. The number of rotatable bonds is 12. The van der Waals surface area contributed by atoms with Crippen LogP contribution < -0.4 is 5.32 Å². The molecule has 0 aromatic rings. The first-order chi connectivity index (χ1) is 17.4. The van der Waals surface area contributed by atoms with Gasteiger partial charge in [-0.1, -0.05) is 11.6 Å². The second kappa shape index (κ2) is 14.3. The van der Waals surface area contributed by atoms with Gasteiger partial charge in [0.05, 0.1) is 7.11 Å². The third kappa shape index (κ3) is 11.5. The molecule has 37 heavy (non-hydrogen) atoms. The van der Waals surface area contributed by atoms with Crippen LogP contribution in [0.3, 0.4) is 0 Å². The smallest absolute Gasteiger partial charge is 0.330 e. The van der Waals surface area contributed by atoms with Gasteiger partial charge >= 0.3 is 5.97 Å². The molecule has 0 bridgehead atoms. The Morgan fingerprint density at radius 2 is 1.86 bits per heavy atom. The van der Waals surface area contributed by atoms with Gasteiger partial charge in [-0.3, -0.25) is 9.69 Å². The summed E-state index contributed by atoms with van der Waals surface area (Å²) in [5.74, 6) is -0.430. The first-order valence-corrected chi connectivity index (χ1v) is 12.9. The van der Waals surface area contributed by atoms with Gasteiger partial charge in [-0.05, 0) is 90.2 Å².